The first-order valence-electron chi connectivity index (χ1n) is 7.06. The van der Waals surface area contributed by atoms with Crippen molar-refractivity contribution in [2.75, 3.05) is 7.11 Å². The highest BCUT2D eigenvalue weighted by molar-refractivity contribution is 5.77. The minimum absolute atomic E-state index is 0.122. The van der Waals surface area contributed by atoms with Crippen LogP contribution in [-0.4, -0.2) is 17.6 Å². The molecule has 0 N–H and O–H groups in total. The summed E-state index contributed by atoms with van der Waals surface area (Å²) in [4.78, 5) is 24.5. The van der Waals surface area contributed by atoms with E-state index >= 15 is 0 Å². The number of aromatic nitrogens is 1. The van der Waals surface area contributed by atoms with E-state index in [1.807, 2.05) is 31.2 Å². The Bertz CT molecular complexity index is 790. The zero-order valence-electron chi connectivity index (χ0n) is 12.8. The van der Waals surface area contributed by atoms with Gasteiger partial charge in [0.1, 0.15) is 11.5 Å². The van der Waals surface area contributed by atoms with E-state index in [0.29, 0.717) is 11.3 Å². The summed E-state index contributed by atoms with van der Waals surface area (Å²) in [5, 5.41) is 0. The van der Waals surface area contributed by atoms with Crippen LogP contribution in [0, 0.1) is 6.92 Å². The Morgan fingerprint density at radius 3 is 2.55 bits per heavy atom. The molecule has 5 nitrogen and oxygen atoms in total. The molecule has 2 aromatic rings. The standard InChI is InChI=1S/C17H17NO4/c1-10-8-14-16(17(20)18(10)2)13(9-15(19)22-14)11-4-6-12(21-3)7-5-11/h4-8,13H,9H2,1-3H3. The molecule has 3 rings (SSSR count). The molecule has 1 aliphatic heterocycles. The maximum absolute atomic E-state index is 12.6. The zero-order valence-corrected chi connectivity index (χ0v) is 12.8. The number of rotatable bonds is 2. The van der Waals surface area contributed by atoms with Gasteiger partial charge in [-0.15, -0.1) is 0 Å². The van der Waals surface area contributed by atoms with Gasteiger partial charge < -0.3 is 14.0 Å². The first-order valence-corrected chi connectivity index (χ1v) is 7.06. The Morgan fingerprint density at radius 1 is 1.23 bits per heavy atom. The molecule has 0 saturated heterocycles. The van der Waals surface area contributed by atoms with E-state index in [9.17, 15) is 9.59 Å². The summed E-state index contributed by atoms with van der Waals surface area (Å²) in [6, 6.07) is 9.15. The van der Waals surface area contributed by atoms with Crippen molar-refractivity contribution in [2.45, 2.75) is 19.3 Å². The number of aryl methyl sites for hydroxylation is 1. The first-order chi connectivity index (χ1) is 10.5. The van der Waals surface area contributed by atoms with Crippen LogP contribution in [0.3, 0.4) is 0 Å². The summed E-state index contributed by atoms with van der Waals surface area (Å²) in [6.45, 7) is 1.81. The van der Waals surface area contributed by atoms with Crippen LogP contribution >= 0.6 is 0 Å². The van der Waals surface area contributed by atoms with Crippen LogP contribution in [0.2, 0.25) is 0 Å². The minimum atomic E-state index is -0.319. The minimum Gasteiger partial charge on any atom is -0.497 e. The second-order valence-corrected chi connectivity index (χ2v) is 5.43. The van der Waals surface area contributed by atoms with Gasteiger partial charge >= 0.3 is 5.97 Å². The maximum Gasteiger partial charge on any atom is 0.312 e. The van der Waals surface area contributed by atoms with Crippen LogP contribution in [0.4, 0.5) is 0 Å². The zero-order chi connectivity index (χ0) is 15.9. The molecule has 1 unspecified atom stereocenters. The number of methoxy groups -OCH3 is 1. The number of hydrogen-bond donors (Lipinski definition) is 0. The summed E-state index contributed by atoms with van der Waals surface area (Å²) in [6.07, 6.45) is 0.164. The van der Waals surface area contributed by atoms with Crippen LogP contribution in [0.25, 0.3) is 0 Å². The maximum atomic E-state index is 12.6. The molecule has 0 saturated carbocycles. The van der Waals surface area contributed by atoms with Crippen molar-refractivity contribution in [1.82, 2.24) is 4.57 Å². The fourth-order valence-electron chi connectivity index (χ4n) is 2.77. The summed E-state index contributed by atoms with van der Waals surface area (Å²) in [7, 11) is 3.32. The predicted molar refractivity (Wildman–Crippen MR) is 81.5 cm³/mol. The molecule has 114 valence electrons. The summed E-state index contributed by atoms with van der Waals surface area (Å²) >= 11 is 0. The molecule has 1 aliphatic rings. The summed E-state index contributed by atoms with van der Waals surface area (Å²) in [5.41, 5.74) is 2.08. The van der Waals surface area contributed by atoms with Gasteiger partial charge in [-0.25, -0.2) is 0 Å². The number of hydrogen-bond acceptors (Lipinski definition) is 4. The predicted octanol–water partition coefficient (Wildman–Crippen LogP) is 2.14. The van der Waals surface area contributed by atoms with Gasteiger partial charge in [0.05, 0.1) is 19.1 Å². The molecule has 2 heterocycles. The lowest BCUT2D eigenvalue weighted by Gasteiger charge is -2.25. The Hall–Kier alpha value is -2.56. The summed E-state index contributed by atoms with van der Waals surface area (Å²) in [5.74, 6) is 0.499. The highest BCUT2D eigenvalue weighted by Gasteiger charge is 2.32. The third kappa shape index (κ3) is 2.28. The van der Waals surface area contributed by atoms with E-state index in [-0.39, 0.29) is 23.9 Å². The fourth-order valence-corrected chi connectivity index (χ4v) is 2.77. The van der Waals surface area contributed by atoms with Gasteiger partial charge in [0.15, 0.2) is 0 Å². The van der Waals surface area contributed by atoms with E-state index in [1.54, 1.807) is 24.8 Å². The van der Waals surface area contributed by atoms with Crippen molar-refractivity contribution in [3.8, 4) is 11.5 Å². The van der Waals surface area contributed by atoms with Crippen LogP contribution in [-0.2, 0) is 11.8 Å². The first kappa shape index (κ1) is 14.4. The lowest BCUT2D eigenvalue weighted by atomic mass is 9.87. The Balaban J connectivity index is 2.16. The molecule has 0 spiro atoms. The van der Waals surface area contributed by atoms with Gasteiger partial charge in [-0.2, -0.15) is 0 Å². The van der Waals surface area contributed by atoms with Crippen LogP contribution in [0.5, 0.6) is 11.5 Å². The van der Waals surface area contributed by atoms with E-state index in [2.05, 4.69) is 0 Å². The highest BCUT2D eigenvalue weighted by Crippen LogP contribution is 2.37. The van der Waals surface area contributed by atoms with Crippen molar-refractivity contribution < 1.29 is 14.3 Å². The monoisotopic (exact) mass is 299 g/mol. The lowest BCUT2D eigenvalue weighted by Crippen LogP contribution is -2.31. The van der Waals surface area contributed by atoms with Crippen LogP contribution in [0.15, 0.2) is 35.1 Å². The van der Waals surface area contributed by atoms with Crippen LogP contribution < -0.4 is 15.0 Å². The number of carbonyl (C=O) groups excluding carboxylic acids is 1. The number of carbonyl (C=O) groups is 1. The molecule has 0 amide bonds. The molecule has 5 heteroatoms. The number of pyridine rings is 1. The lowest BCUT2D eigenvalue weighted by molar-refractivity contribution is -0.135. The Kier molecular flexibility index (Phi) is 3.48. The van der Waals surface area contributed by atoms with E-state index in [1.165, 1.54) is 0 Å². The van der Waals surface area contributed by atoms with Crippen molar-refractivity contribution in [3.63, 3.8) is 0 Å². The Labute approximate surface area is 128 Å². The molecular weight excluding hydrogens is 282 g/mol. The highest BCUT2D eigenvalue weighted by atomic mass is 16.5. The van der Waals surface area contributed by atoms with Gasteiger partial charge in [0.2, 0.25) is 0 Å². The molecule has 0 fully saturated rings. The smallest absolute Gasteiger partial charge is 0.312 e. The Morgan fingerprint density at radius 2 is 1.91 bits per heavy atom. The van der Waals surface area contributed by atoms with Crippen molar-refractivity contribution >= 4 is 5.97 Å². The molecule has 1 atom stereocenters. The third-order valence-corrected chi connectivity index (χ3v) is 4.13. The van der Waals surface area contributed by atoms with Crippen molar-refractivity contribution in [1.29, 1.82) is 0 Å². The van der Waals surface area contributed by atoms with Gasteiger partial charge in [-0.3, -0.25) is 9.59 Å². The second kappa shape index (κ2) is 5.33. The quantitative estimate of drug-likeness (QED) is 0.797. The fraction of sp³-hybridized carbons (Fsp3) is 0.294. The third-order valence-electron chi connectivity index (χ3n) is 4.13. The molecule has 0 radical (unpaired) electrons. The molecule has 1 aromatic heterocycles. The van der Waals surface area contributed by atoms with E-state index in [4.69, 9.17) is 9.47 Å². The average Bonchev–Trinajstić information content (AvgIpc) is 2.52. The topological polar surface area (TPSA) is 57.5 Å². The number of fused-ring (bicyclic) bond motifs is 1. The number of benzene rings is 1. The van der Waals surface area contributed by atoms with Gasteiger partial charge in [-0.1, -0.05) is 12.1 Å². The van der Waals surface area contributed by atoms with Gasteiger partial charge in [-0.05, 0) is 24.6 Å². The van der Waals surface area contributed by atoms with Crippen molar-refractivity contribution in [3.05, 3.63) is 57.5 Å². The average molecular weight is 299 g/mol. The SMILES string of the molecule is COc1ccc(C2CC(=O)Oc3cc(C)n(C)c(=O)c32)cc1. The molecular formula is C17H17NO4. The molecule has 22 heavy (non-hydrogen) atoms. The van der Waals surface area contributed by atoms with Gasteiger partial charge in [0.25, 0.3) is 5.56 Å². The van der Waals surface area contributed by atoms with Crippen LogP contribution in [0.1, 0.15) is 29.2 Å². The molecule has 0 bridgehead atoms. The summed E-state index contributed by atoms with van der Waals surface area (Å²) < 4.78 is 12.0. The van der Waals surface area contributed by atoms with E-state index in [0.717, 1.165) is 17.0 Å². The normalized spacial score (nSPS) is 16.9. The van der Waals surface area contributed by atoms with Gasteiger partial charge in [0, 0.05) is 24.7 Å². The van der Waals surface area contributed by atoms with E-state index < -0.39 is 0 Å². The van der Waals surface area contributed by atoms with Crippen molar-refractivity contribution in [2.24, 2.45) is 7.05 Å². The second-order valence-electron chi connectivity index (χ2n) is 5.43. The number of nitrogens with zero attached hydrogens (tertiary/aromatic N) is 1. The molecule has 0 aliphatic carbocycles. The molecule has 1 aromatic carbocycles. The largest absolute Gasteiger partial charge is 0.497 e. The number of ether oxygens (including phenoxy) is 2. The number of esters is 1.